The molecule has 1 amide bonds. The summed E-state index contributed by atoms with van der Waals surface area (Å²) in [7, 11) is 0. The normalized spacial score (nSPS) is 10.5. The number of aromatic nitrogens is 2. The van der Waals surface area contributed by atoms with Gasteiger partial charge in [0.05, 0.1) is 5.52 Å². The molecule has 0 bridgehead atoms. The molecule has 7 heteroatoms. The second-order valence-corrected chi connectivity index (χ2v) is 7.39. The standard InChI is InChI=1S/C24H20ClN5O/c1-3-22(31)26-18-8-5-9-19(14-18)27-23-20-13-16(25)10-11-21(20)29-24(30-23)28-17-7-4-6-15(2)12-17/h3-14H,1H2,2H3,(H,26,31)(H2,27,28,29,30). The Morgan fingerprint density at radius 1 is 0.935 bits per heavy atom. The zero-order valence-electron chi connectivity index (χ0n) is 16.8. The van der Waals surface area contributed by atoms with Crippen molar-refractivity contribution in [3.63, 3.8) is 0 Å². The fourth-order valence-electron chi connectivity index (χ4n) is 3.11. The molecule has 3 N–H and O–H groups in total. The lowest BCUT2D eigenvalue weighted by Crippen LogP contribution is -2.07. The van der Waals surface area contributed by atoms with E-state index in [0.29, 0.717) is 22.5 Å². The highest BCUT2D eigenvalue weighted by molar-refractivity contribution is 6.31. The average molecular weight is 430 g/mol. The van der Waals surface area contributed by atoms with Crippen molar-refractivity contribution in [1.29, 1.82) is 0 Å². The van der Waals surface area contributed by atoms with Gasteiger partial charge in [0.1, 0.15) is 5.82 Å². The van der Waals surface area contributed by atoms with Crippen LogP contribution in [0.4, 0.5) is 28.8 Å². The van der Waals surface area contributed by atoms with Crippen LogP contribution in [-0.2, 0) is 4.79 Å². The number of fused-ring (bicyclic) bond motifs is 1. The average Bonchev–Trinajstić information content (AvgIpc) is 2.74. The molecule has 6 nitrogen and oxygen atoms in total. The summed E-state index contributed by atoms with van der Waals surface area (Å²) in [6.45, 7) is 5.50. The highest BCUT2D eigenvalue weighted by Gasteiger charge is 2.10. The van der Waals surface area contributed by atoms with Crippen LogP contribution in [0.2, 0.25) is 5.02 Å². The van der Waals surface area contributed by atoms with Crippen molar-refractivity contribution in [3.05, 3.63) is 90.0 Å². The van der Waals surface area contributed by atoms with Crippen molar-refractivity contribution in [2.75, 3.05) is 16.0 Å². The first-order chi connectivity index (χ1) is 15.0. The number of benzene rings is 3. The predicted molar refractivity (Wildman–Crippen MR) is 128 cm³/mol. The van der Waals surface area contributed by atoms with Crippen LogP contribution in [0.3, 0.4) is 0 Å². The number of rotatable bonds is 6. The van der Waals surface area contributed by atoms with E-state index in [1.807, 2.05) is 61.5 Å². The van der Waals surface area contributed by atoms with Gasteiger partial charge in [0, 0.05) is 27.5 Å². The quantitative estimate of drug-likeness (QED) is 0.318. The third kappa shape index (κ3) is 4.99. The van der Waals surface area contributed by atoms with Crippen molar-refractivity contribution < 1.29 is 4.79 Å². The third-order valence-electron chi connectivity index (χ3n) is 4.51. The highest BCUT2D eigenvalue weighted by Crippen LogP contribution is 2.29. The summed E-state index contributed by atoms with van der Waals surface area (Å²) >= 11 is 6.22. The van der Waals surface area contributed by atoms with Gasteiger partial charge >= 0.3 is 0 Å². The number of nitrogens with one attached hydrogen (secondary N) is 3. The SMILES string of the molecule is C=CC(=O)Nc1cccc(Nc2nc(Nc3cccc(C)c3)nc3ccc(Cl)cc23)c1. The van der Waals surface area contributed by atoms with E-state index < -0.39 is 0 Å². The van der Waals surface area contributed by atoms with Gasteiger partial charge in [0.15, 0.2) is 0 Å². The molecule has 4 rings (SSSR count). The second kappa shape index (κ2) is 8.85. The minimum atomic E-state index is -0.277. The number of nitrogens with zero attached hydrogens (tertiary/aromatic N) is 2. The molecule has 0 fully saturated rings. The van der Waals surface area contributed by atoms with Crippen LogP contribution in [-0.4, -0.2) is 15.9 Å². The largest absolute Gasteiger partial charge is 0.339 e. The summed E-state index contributed by atoms with van der Waals surface area (Å²) in [6, 6.07) is 20.8. The van der Waals surface area contributed by atoms with E-state index in [-0.39, 0.29) is 5.91 Å². The molecule has 3 aromatic carbocycles. The van der Waals surface area contributed by atoms with Crippen molar-refractivity contribution in [2.45, 2.75) is 6.92 Å². The van der Waals surface area contributed by atoms with Crippen molar-refractivity contribution in [3.8, 4) is 0 Å². The minimum Gasteiger partial charge on any atom is -0.339 e. The lowest BCUT2D eigenvalue weighted by Gasteiger charge is -2.13. The first-order valence-corrected chi connectivity index (χ1v) is 9.99. The maximum absolute atomic E-state index is 11.6. The molecule has 31 heavy (non-hydrogen) atoms. The van der Waals surface area contributed by atoms with Crippen molar-refractivity contribution in [2.24, 2.45) is 0 Å². The van der Waals surface area contributed by atoms with E-state index in [0.717, 1.165) is 27.8 Å². The van der Waals surface area contributed by atoms with E-state index in [1.54, 1.807) is 12.1 Å². The Morgan fingerprint density at radius 2 is 1.68 bits per heavy atom. The molecule has 0 aliphatic rings. The Labute approximate surface area is 185 Å². The molecule has 1 heterocycles. The number of halogens is 1. The number of anilines is 5. The Hall–Kier alpha value is -3.90. The maximum Gasteiger partial charge on any atom is 0.247 e. The summed E-state index contributed by atoms with van der Waals surface area (Å²) in [4.78, 5) is 20.9. The molecule has 0 radical (unpaired) electrons. The monoisotopic (exact) mass is 429 g/mol. The van der Waals surface area contributed by atoms with E-state index in [1.165, 1.54) is 6.08 Å². The number of carbonyl (C=O) groups is 1. The topological polar surface area (TPSA) is 78.9 Å². The van der Waals surface area contributed by atoms with Gasteiger partial charge < -0.3 is 16.0 Å². The van der Waals surface area contributed by atoms with Crippen molar-refractivity contribution >= 4 is 57.2 Å². The predicted octanol–water partition coefficient (Wildman–Crippen LogP) is 6.20. The summed E-state index contributed by atoms with van der Waals surface area (Å²) < 4.78 is 0. The van der Waals surface area contributed by atoms with Gasteiger partial charge in [-0.05, 0) is 67.1 Å². The first kappa shape index (κ1) is 20.4. The van der Waals surface area contributed by atoms with Crippen LogP contribution >= 0.6 is 11.6 Å². The van der Waals surface area contributed by atoms with E-state index >= 15 is 0 Å². The first-order valence-electron chi connectivity index (χ1n) is 9.62. The van der Waals surface area contributed by atoms with Gasteiger partial charge in [-0.1, -0.05) is 36.4 Å². The zero-order chi connectivity index (χ0) is 21.8. The maximum atomic E-state index is 11.6. The van der Waals surface area contributed by atoms with E-state index in [4.69, 9.17) is 11.6 Å². The minimum absolute atomic E-state index is 0.277. The Morgan fingerprint density at radius 3 is 2.45 bits per heavy atom. The molecule has 0 aliphatic heterocycles. The molecule has 0 atom stereocenters. The number of amides is 1. The molecule has 0 saturated heterocycles. The Bertz CT molecular complexity index is 1290. The Balaban J connectivity index is 1.72. The van der Waals surface area contributed by atoms with E-state index in [2.05, 4.69) is 32.5 Å². The van der Waals surface area contributed by atoms with Gasteiger partial charge in [0.25, 0.3) is 0 Å². The summed E-state index contributed by atoms with van der Waals surface area (Å²) in [6.07, 6.45) is 1.23. The fourth-order valence-corrected chi connectivity index (χ4v) is 3.28. The van der Waals surface area contributed by atoms with Crippen LogP contribution in [0.5, 0.6) is 0 Å². The van der Waals surface area contributed by atoms with Gasteiger partial charge in [0.2, 0.25) is 11.9 Å². The summed E-state index contributed by atoms with van der Waals surface area (Å²) in [5.41, 5.74) is 4.17. The van der Waals surface area contributed by atoms with Gasteiger partial charge in [-0.2, -0.15) is 4.98 Å². The zero-order valence-corrected chi connectivity index (χ0v) is 17.6. The highest BCUT2D eigenvalue weighted by atomic mass is 35.5. The molecular formula is C24H20ClN5O. The second-order valence-electron chi connectivity index (χ2n) is 6.95. The molecule has 4 aromatic rings. The Kier molecular flexibility index (Phi) is 5.82. The molecule has 1 aromatic heterocycles. The summed E-state index contributed by atoms with van der Waals surface area (Å²) in [5.74, 6) is 0.773. The summed E-state index contributed by atoms with van der Waals surface area (Å²) in [5, 5.41) is 10.7. The van der Waals surface area contributed by atoms with Gasteiger partial charge in [-0.15, -0.1) is 0 Å². The number of hydrogen-bond acceptors (Lipinski definition) is 5. The molecule has 0 aliphatic carbocycles. The molecule has 0 saturated carbocycles. The lowest BCUT2D eigenvalue weighted by molar-refractivity contribution is -0.111. The lowest BCUT2D eigenvalue weighted by atomic mass is 10.2. The van der Waals surface area contributed by atoms with Crippen LogP contribution < -0.4 is 16.0 Å². The smallest absolute Gasteiger partial charge is 0.247 e. The van der Waals surface area contributed by atoms with Gasteiger partial charge in [-0.3, -0.25) is 4.79 Å². The molecule has 154 valence electrons. The number of carbonyl (C=O) groups excluding carboxylic acids is 1. The third-order valence-corrected chi connectivity index (χ3v) is 4.75. The molecule has 0 spiro atoms. The van der Waals surface area contributed by atoms with Crippen molar-refractivity contribution in [1.82, 2.24) is 9.97 Å². The van der Waals surface area contributed by atoms with E-state index in [9.17, 15) is 4.79 Å². The molecular weight excluding hydrogens is 410 g/mol. The fraction of sp³-hybridized carbons (Fsp3) is 0.0417. The number of hydrogen-bond donors (Lipinski definition) is 3. The van der Waals surface area contributed by atoms with Crippen LogP contribution in [0.25, 0.3) is 10.9 Å². The van der Waals surface area contributed by atoms with Gasteiger partial charge in [-0.25, -0.2) is 4.98 Å². The van der Waals surface area contributed by atoms with Crippen LogP contribution in [0.1, 0.15) is 5.56 Å². The van der Waals surface area contributed by atoms with Crippen LogP contribution in [0, 0.1) is 6.92 Å². The van der Waals surface area contributed by atoms with Crippen LogP contribution in [0.15, 0.2) is 79.4 Å². The molecule has 0 unspecified atom stereocenters. The number of aryl methyl sites for hydroxylation is 1.